The van der Waals surface area contributed by atoms with Crippen molar-refractivity contribution >= 4 is 0 Å². The van der Waals surface area contributed by atoms with Crippen LogP contribution >= 0.6 is 0 Å². The van der Waals surface area contributed by atoms with Gasteiger partial charge in [0.15, 0.2) is 0 Å². The van der Waals surface area contributed by atoms with Gasteiger partial charge in [-0.3, -0.25) is 0 Å². The third kappa shape index (κ3) is 7.62. The topological polar surface area (TPSA) is 64.6 Å². The fourth-order valence-corrected chi connectivity index (χ4v) is 0.204. The predicted molar refractivity (Wildman–Crippen MR) is 38.0 cm³/mol. The molecule has 1 aliphatic heterocycles. The summed E-state index contributed by atoms with van der Waals surface area (Å²) in [5.74, 6) is 0. The molecule has 1 heterocycles. The van der Waals surface area contributed by atoms with E-state index in [1.165, 1.54) is 0 Å². The maximum atomic E-state index is 5.11. The second kappa shape index (κ2) is 5.75. The number of hydrogen-bond acceptors (Lipinski definition) is 3. The van der Waals surface area contributed by atoms with Gasteiger partial charge >= 0.3 is 0 Å². The minimum atomic E-state index is 0.412. The van der Waals surface area contributed by atoms with E-state index < -0.39 is 0 Å². The average molecular weight is 130 g/mol. The fourth-order valence-electron chi connectivity index (χ4n) is 0.204. The van der Waals surface area contributed by atoms with Gasteiger partial charge in [0.05, 0.1) is 12.7 Å². The van der Waals surface area contributed by atoms with Gasteiger partial charge < -0.3 is 16.2 Å². The molecule has 0 aliphatic carbocycles. The Balaban J connectivity index is 0.000000148. The van der Waals surface area contributed by atoms with E-state index in [1.807, 2.05) is 0 Å². The lowest BCUT2D eigenvalue weighted by Gasteiger charge is -1.71. The van der Waals surface area contributed by atoms with Crippen LogP contribution < -0.4 is 11.5 Å². The fraction of sp³-hybridized carbons (Fsp3) is 0.667. The summed E-state index contributed by atoms with van der Waals surface area (Å²) in [7, 11) is 0. The van der Waals surface area contributed by atoms with Crippen LogP contribution in [0.2, 0.25) is 0 Å². The third-order valence-electron chi connectivity index (χ3n) is 0.832. The quantitative estimate of drug-likeness (QED) is 0.390. The minimum Gasteiger partial charge on any atom is -0.372 e. The summed E-state index contributed by atoms with van der Waals surface area (Å²) < 4.78 is 4.73. The van der Waals surface area contributed by atoms with Gasteiger partial charge in [-0.15, -0.1) is 6.58 Å². The molecule has 0 amide bonds. The zero-order chi connectivity index (χ0) is 7.11. The van der Waals surface area contributed by atoms with Crippen molar-refractivity contribution in [2.75, 3.05) is 19.7 Å². The number of nitrogens with two attached hydrogens (primary N) is 2. The molecule has 1 atom stereocenters. The van der Waals surface area contributed by atoms with Crippen LogP contribution in [-0.2, 0) is 4.74 Å². The van der Waals surface area contributed by atoms with Crippen LogP contribution in [0, 0.1) is 0 Å². The highest BCUT2D eigenvalue weighted by Gasteiger charge is 2.18. The van der Waals surface area contributed by atoms with Gasteiger partial charge in [-0.25, -0.2) is 0 Å². The molecule has 54 valence electrons. The lowest BCUT2D eigenvalue weighted by Crippen LogP contribution is -2.05. The van der Waals surface area contributed by atoms with Crippen molar-refractivity contribution in [3.63, 3.8) is 0 Å². The van der Waals surface area contributed by atoms with Crippen molar-refractivity contribution in [2.24, 2.45) is 11.5 Å². The second-order valence-electron chi connectivity index (χ2n) is 1.72. The van der Waals surface area contributed by atoms with Crippen molar-refractivity contribution < 1.29 is 4.74 Å². The summed E-state index contributed by atoms with van der Waals surface area (Å²) in [6, 6.07) is 0. The largest absolute Gasteiger partial charge is 0.372 e. The van der Waals surface area contributed by atoms with Crippen molar-refractivity contribution in [3.8, 4) is 0 Å². The Bertz CT molecular complexity index is 71.5. The summed E-state index contributed by atoms with van der Waals surface area (Å²) in [5, 5.41) is 0. The van der Waals surface area contributed by atoms with E-state index in [1.54, 1.807) is 6.08 Å². The first-order chi connectivity index (χ1) is 4.35. The zero-order valence-corrected chi connectivity index (χ0v) is 5.55. The molecule has 1 rings (SSSR count). The van der Waals surface area contributed by atoms with Crippen LogP contribution in [0.3, 0.4) is 0 Å². The molecule has 9 heavy (non-hydrogen) atoms. The normalized spacial score (nSPS) is 21.8. The predicted octanol–water partition coefficient (Wildman–Crippen LogP) is -0.525. The monoisotopic (exact) mass is 130 g/mol. The molecule has 1 unspecified atom stereocenters. The van der Waals surface area contributed by atoms with Crippen molar-refractivity contribution in [1.29, 1.82) is 0 Å². The van der Waals surface area contributed by atoms with Crippen LogP contribution in [0.5, 0.6) is 0 Å². The van der Waals surface area contributed by atoms with Crippen LogP contribution in [0.1, 0.15) is 0 Å². The van der Waals surface area contributed by atoms with Crippen molar-refractivity contribution in [1.82, 2.24) is 0 Å². The van der Waals surface area contributed by atoms with E-state index in [2.05, 4.69) is 6.58 Å². The first kappa shape index (κ1) is 8.62. The molecule has 0 aromatic heterocycles. The van der Waals surface area contributed by atoms with Crippen LogP contribution in [0.4, 0.5) is 0 Å². The van der Waals surface area contributed by atoms with E-state index in [0.29, 0.717) is 19.2 Å². The molecular weight excluding hydrogens is 116 g/mol. The minimum absolute atomic E-state index is 0.412. The molecule has 0 aromatic rings. The van der Waals surface area contributed by atoms with E-state index in [4.69, 9.17) is 16.2 Å². The van der Waals surface area contributed by atoms with E-state index in [0.717, 1.165) is 6.61 Å². The maximum absolute atomic E-state index is 5.11. The first-order valence-electron chi connectivity index (χ1n) is 2.97. The standard InChI is InChI=1S/C3H7NO.C3H7N/c4-1-3-2-5-3;1-2-3-4/h3H,1-2,4H2;2H,1,3-4H2. The van der Waals surface area contributed by atoms with Gasteiger partial charge in [0.1, 0.15) is 0 Å². The number of rotatable bonds is 2. The molecule has 0 saturated carbocycles. The van der Waals surface area contributed by atoms with Crippen LogP contribution in [0.15, 0.2) is 12.7 Å². The molecule has 3 heteroatoms. The Labute approximate surface area is 55.7 Å². The Kier molecular flexibility index (Phi) is 5.51. The van der Waals surface area contributed by atoms with Crippen molar-refractivity contribution in [2.45, 2.75) is 6.10 Å². The summed E-state index contributed by atoms with van der Waals surface area (Å²) in [6.45, 7) is 5.52. The Morgan fingerprint density at radius 1 is 1.67 bits per heavy atom. The summed E-state index contributed by atoms with van der Waals surface area (Å²) in [6.07, 6.45) is 2.06. The molecule has 0 bridgehead atoms. The summed E-state index contributed by atoms with van der Waals surface area (Å²) in [5.41, 5.74) is 10.0. The van der Waals surface area contributed by atoms with Crippen LogP contribution in [-0.4, -0.2) is 25.8 Å². The highest BCUT2D eigenvalue weighted by molar-refractivity contribution is 4.67. The lowest BCUT2D eigenvalue weighted by molar-refractivity contribution is 0.412. The van der Waals surface area contributed by atoms with Gasteiger partial charge in [-0.1, -0.05) is 6.08 Å². The molecule has 1 aliphatic rings. The zero-order valence-electron chi connectivity index (χ0n) is 5.55. The van der Waals surface area contributed by atoms with Gasteiger partial charge in [0.25, 0.3) is 0 Å². The Morgan fingerprint density at radius 3 is 2.11 bits per heavy atom. The molecule has 0 spiro atoms. The smallest absolute Gasteiger partial charge is 0.0931 e. The highest BCUT2D eigenvalue weighted by Crippen LogP contribution is 2.03. The van der Waals surface area contributed by atoms with Crippen LogP contribution in [0.25, 0.3) is 0 Å². The first-order valence-corrected chi connectivity index (χ1v) is 2.97. The SMILES string of the molecule is C=CCN.NCC1CO1. The third-order valence-corrected chi connectivity index (χ3v) is 0.832. The van der Waals surface area contributed by atoms with Gasteiger partial charge in [0.2, 0.25) is 0 Å². The van der Waals surface area contributed by atoms with Gasteiger partial charge in [0, 0.05) is 13.1 Å². The van der Waals surface area contributed by atoms with E-state index in [9.17, 15) is 0 Å². The molecule has 4 N–H and O–H groups in total. The van der Waals surface area contributed by atoms with E-state index >= 15 is 0 Å². The highest BCUT2D eigenvalue weighted by atomic mass is 16.6. The molecule has 1 saturated heterocycles. The number of ether oxygens (including phenoxy) is 1. The van der Waals surface area contributed by atoms with Crippen molar-refractivity contribution in [3.05, 3.63) is 12.7 Å². The Morgan fingerprint density at radius 2 is 2.11 bits per heavy atom. The summed E-state index contributed by atoms with van der Waals surface area (Å²) >= 11 is 0. The summed E-state index contributed by atoms with van der Waals surface area (Å²) in [4.78, 5) is 0. The number of hydrogen-bond donors (Lipinski definition) is 2. The molecule has 1 fully saturated rings. The number of epoxide rings is 1. The lowest BCUT2D eigenvalue weighted by atomic mass is 10.5. The second-order valence-corrected chi connectivity index (χ2v) is 1.72. The van der Waals surface area contributed by atoms with Gasteiger partial charge in [-0.05, 0) is 0 Å². The maximum Gasteiger partial charge on any atom is 0.0931 e. The van der Waals surface area contributed by atoms with E-state index in [-0.39, 0.29) is 0 Å². The Hall–Kier alpha value is -0.380. The van der Waals surface area contributed by atoms with Gasteiger partial charge in [-0.2, -0.15) is 0 Å². The molecule has 3 nitrogen and oxygen atoms in total. The molecule has 0 radical (unpaired) electrons. The molecular formula is C6H14N2O. The molecule has 0 aromatic carbocycles. The average Bonchev–Trinajstić information content (AvgIpc) is 2.70.